The lowest BCUT2D eigenvalue weighted by atomic mass is 10.2. The Morgan fingerprint density at radius 3 is 3.27 bits per heavy atom. The van der Waals surface area contributed by atoms with Crippen molar-refractivity contribution in [3.63, 3.8) is 0 Å². The minimum Gasteiger partial charge on any atom is -0.315 e. The van der Waals surface area contributed by atoms with E-state index in [1.165, 1.54) is 25.1 Å². The normalized spacial score (nSPS) is 21.0. The lowest BCUT2D eigenvalue weighted by Gasteiger charge is -2.11. The van der Waals surface area contributed by atoms with Crippen LogP contribution in [-0.4, -0.2) is 35.5 Å². The van der Waals surface area contributed by atoms with E-state index in [1.807, 2.05) is 17.9 Å². The molecule has 84 valence electrons. The molecule has 15 heavy (non-hydrogen) atoms. The molecule has 1 fully saturated rings. The van der Waals surface area contributed by atoms with Crippen molar-refractivity contribution in [2.45, 2.75) is 25.3 Å². The van der Waals surface area contributed by atoms with Crippen LogP contribution in [0, 0.1) is 0 Å². The van der Waals surface area contributed by atoms with E-state index < -0.39 is 0 Å². The molecule has 2 heterocycles. The maximum atomic E-state index is 4.15. The topological polar surface area (TPSA) is 41.9 Å². The summed E-state index contributed by atoms with van der Waals surface area (Å²) < 4.78 is 1.94. The SMILES string of the molecule is Cn1nccc1CCNCC1CCCN1. The molecule has 2 N–H and O–H groups in total. The zero-order valence-corrected chi connectivity index (χ0v) is 9.37. The fraction of sp³-hybridized carbons (Fsp3) is 0.727. The van der Waals surface area contributed by atoms with Crippen molar-refractivity contribution < 1.29 is 0 Å². The number of aromatic nitrogens is 2. The van der Waals surface area contributed by atoms with Gasteiger partial charge in [-0.2, -0.15) is 5.10 Å². The number of nitrogens with zero attached hydrogens (tertiary/aromatic N) is 2. The van der Waals surface area contributed by atoms with Crippen molar-refractivity contribution in [3.05, 3.63) is 18.0 Å². The largest absolute Gasteiger partial charge is 0.315 e. The molecular weight excluding hydrogens is 188 g/mol. The Hall–Kier alpha value is -0.870. The van der Waals surface area contributed by atoms with Gasteiger partial charge in [-0.1, -0.05) is 0 Å². The molecule has 0 radical (unpaired) electrons. The van der Waals surface area contributed by atoms with Crippen LogP contribution in [0.2, 0.25) is 0 Å². The zero-order valence-electron chi connectivity index (χ0n) is 9.37. The van der Waals surface area contributed by atoms with Gasteiger partial charge in [-0.3, -0.25) is 4.68 Å². The van der Waals surface area contributed by atoms with Gasteiger partial charge in [0.1, 0.15) is 0 Å². The van der Waals surface area contributed by atoms with Gasteiger partial charge in [-0.05, 0) is 25.5 Å². The Labute approximate surface area is 91.1 Å². The molecule has 0 spiro atoms. The van der Waals surface area contributed by atoms with E-state index >= 15 is 0 Å². The van der Waals surface area contributed by atoms with Gasteiger partial charge in [-0.25, -0.2) is 0 Å². The summed E-state index contributed by atoms with van der Waals surface area (Å²) in [7, 11) is 1.99. The minimum absolute atomic E-state index is 0.691. The highest BCUT2D eigenvalue weighted by Crippen LogP contribution is 2.03. The van der Waals surface area contributed by atoms with E-state index in [0.29, 0.717) is 6.04 Å². The van der Waals surface area contributed by atoms with Crippen LogP contribution in [-0.2, 0) is 13.5 Å². The van der Waals surface area contributed by atoms with Crippen molar-refractivity contribution in [3.8, 4) is 0 Å². The molecule has 1 aliphatic heterocycles. The molecule has 0 aliphatic carbocycles. The lowest BCUT2D eigenvalue weighted by Crippen LogP contribution is -2.34. The maximum absolute atomic E-state index is 4.15. The van der Waals surface area contributed by atoms with Crippen LogP contribution >= 0.6 is 0 Å². The summed E-state index contributed by atoms with van der Waals surface area (Å²) in [6.45, 7) is 3.32. The molecule has 4 heteroatoms. The molecular formula is C11H20N4. The minimum atomic E-state index is 0.691. The summed E-state index contributed by atoms with van der Waals surface area (Å²) in [6, 6.07) is 2.77. The third-order valence-electron chi connectivity index (χ3n) is 3.03. The summed E-state index contributed by atoms with van der Waals surface area (Å²) >= 11 is 0. The predicted molar refractivity (Wildman–Crippen MR) is 60.8 cm³/mol. The fourth-order valence-corrected chi connectivity index (χ4v) is 2.07. The molecule has 0 aromatic carbocycles. The first kappa shape index (κ1) is 10.6. The quantitative estimate of drug-likeness (QED) is 0.684. The molecule has 1 atom stereocenters. The summed E-state index contributed by atoms with van der Waals surface area (Å²) in [6.07, 6.45) is 5.56. The Bertz CT molecular complexity index is 289. The van der Waals surface area contributed by atoms with E-state index in [-0.39, 0.29) is 0 Å². The Balaban J connectivity index is 1.60. The monoisotopic (exact) mass is 208 g/mol. The maximum Gasteiger partial charge on any atom is 0.0492 e. The number of hydrogen-bond acceptors (Lipinski definition) is 3. The van der Waals surface area contributed by atoms with Crippen molar-refractivity contribution in [1.82, 2.24) is 20.4 Å². The Kier molecular flexibility index (Phi) is 3.75. The fourth-order valence-electron chi connectivity index (χ4n) is 2.07. The van der Waals surface area contributed by atoms with E-state index in [2.05, 4.69) is 21.8 Å². The third kappa shape index (κ3) is 3.04. The van der Waals surface area contributed by atoms with Crippen LogP contribution < -0.4 is 10.6 Å². The highest BCUT2D eigenvalue weighted by atomic mass is 15.3. The molecule has 1 saturated heterocycles. The van der Waals surface area contributed by atoms with Gasteiger partial charge in [0.25, 0.3) is 0 Å². The second-order valence-corrected chi connectivity index (χ2v) is 4.19. The number of aryl methyl sites for hydroxylation is 1. The van der Waals surface area contributed by atoms with Crippen molar-refractivity contribution in [2.24, 2.45) is 7.05 Å². The van der Waals surface area contributed by atoms with Crippen LogP contribution in [0.3, 0.4) is 0 Å². The van der Waals surface area contributed by atoms with Gasteiger partial charge in [-0.15, -0.1) is 0 Å². The van der Waals surface area contributed by atoms with Gasteiger partial charge in [0.2, 0.25) is 0 Å². The van der Waals surface area contributed by atoms with Crippen molar-refractivity contribution in [1.29, 1.82) is 0 Å². The summed E-state index contributed by atoms with van der Waals surface area (Å²) in [5.74, 6) is 0. The summed E-state index contributed by atoms with van der Waals surface area (Å²) in [5, 5.41) is 11.1. The van der Waals surface area contributed by atoms with Crippen molar-refractivity contribution >= 4 is 0 Å². The van der Waals surface area contributed by atoms with Crippen LogP contribution in [0.25, 0.3) is 0 Å². The molecule has 1 aliphatic rings. The lowest BCUT2D eigenvalue weighted by molar-refractivity contribution is 0.533. The van der Waals surface area contributed by atoms with E-state index in [9.17, 15) is 0 Å². The molecule has 1 aromatic rings. The summed E-state index contributed by atoms with van der Waals surface area (Å²) in [5.41, 5.74) is 1.29. The standard InChI is InChI=1S/C11H20N4/c1-15-11(5-8-14-15)4-7-12-9-10-3-2-6-13-10/h5,8,10,12-13H,2-4,6-7,9H2,1H3. The molecule has 0 bridgehead atoms. The van der Waals surface area contributed by atoms with E-state index in [0.717, 1.165) is 19.5 Å². The van der Waals surface area contributed by atoms with E-state index in [4.69, 9.17) is 0 Å². The molecule has 0 amide bonds. The Morgan fingerprint density at radius 1 is 1.67 bits per heavy atom. The first-order valence-electron chi connectivity index (χ1n) is 5.77. The van der Waals surface area contributed by atoms with Crippen LogP contribution in [0.5, 0.6) is 0 Å². The van der Waals surface area contributed by atoms with Gasteiger partial charge in [0.15, 0.2) is 0 Å². The van der Waals surface area contributed by atoms with Crippen LogP contribution in [0.1, 0.15) is 18.5 Å². The number of nitrogens with one attached hydrogen (secondary N) is 2. The van der Waals surface area contributed by atoms with Gasteiger partial charge in [0, 0.05) is 44.5 Å². The number of rotatable bonds is 5. The van der Waals surface area contributed by atoms with Gasteiger partial charge in [0.05, 0.1) is 0 Å². The zero-order chi connectivity index (χ0) is 10.5. The van der Waals surface area contributed by atoms with Crippen LogP contribution in [0.15, 0.2) is 12.3 Å². The smallest absolute Gasteiger partial charge is 0.0492 e. The first-order chi connectivity index (χ1) is 7.36. The Morgan fingerprint density at radius 2 is 2.60 bits per heavy atom. The van der Waals surface area contributed by atoms with E-state index in [1.54, 1.807) is 0 Å². The number of hydrogen-bond donors (Lipinski definition) is 2. The average Bonchev–Trinajstić information content (AvgIpc) is 2.85. The molecule has 4 nitrogen and oxygen atoms in total. The summed E-state index contributed by atoms with van der Waals surface area (Å²) in [4.78, 5) is 0. The molecule has 2 rings (SSSR count). The van der Waals surface area contributed by atoms with Gasteiger partial charge >= 0.3 is 0 Å². The van der Waals surface area contributed by atoms with Gasteiger partial charge < -0.3 is 10.6 Å². The second-order valence-electron chi connectivity index (χ2n) is 4.19. The predicted octanol–water partition coefficient (Wildman–Crippen LogP) is 0.304. The van der Waals surface area contributed by atoms with Crippen molar-refractivity contribution in [2.75, 3.05) is 19.6 Å². The van der Waals surface area contributed by atoms with Crippen LogP contribution in [0.4, 0.5) is 0 Å². The average molecular weight is 208 g/mol. The molecule has 0 saturated carbocycles. The second kappa shape index (κ2) is 5.28. The highest BCUT2D eigenvalue weighted by molar-refractivity contribution is 5.00. The third-order valence-corrected chi connectivity index (χ3v) is 3.03. The molecule has 1 unspecified atom stereocenters. The first-order valence-corrected chi connectivity index (χ1v) is 5.77. The molecule has 1 aromatic heterocycles. The highest BCUT2D eigenvalue weighted by Gasteiger charge is 2.12.